The summed E-state index contributed by atoms with van der Waals surface area (Å²) in [4.78, 5) is 39.3. The third-order valence-electron chi connectivity index (χ3n) is 13.7. The lowest BCUT2D eigenvalue weighted by molar-refractivity contribution is -0.156. The summed E-state index contributed by atoms with van der Waals surface area (Å²) in [6.07, 6.45) is 50.0. The minimum absolute atomic E-state index is 0.123. The Morgan fingerprint density at radius 1 is 0.429 bits per heavy atom. The SMILES string of the molecule is CCCCCCCCCCCCCCCCCCCCCC(=O)OCC(O)CN(CCCCC(N)C(=O)OC(C)(C)C)CC(O)COC(=O)CCCCCCCCCCCCCCCCCCCCC. The number of rotatable bonds is 54. The van der Waals surface area contributed by atoms with Gasteiger partial charge in [-0.25, -0.2) is 0 Å². The van der Waals surface area contributed by atoms with Gasteiger partial charge in [-0.2, -0.15) is 0 Å². The lowest BCUT2D eigenvalue weighted by Crippen LogP contribution is -2.42. The normalized spacial score (nSPS) is 13.2. The summed E-state index contributed by atoms with van der Waals surface area (Å²) < 4.78 is 16.3. The lowest BCUT2D eigenvalue weighted by atomic mass is 10.0. The van der Waals surface area contributed by atoms with Gasteiger partial charge in [0.1, 0.15) is 37.1 Å². The molecule has 0 aromatic carbocycles. The number of aliphatic hydroxyl groups is 2. The van der Waals surface area contributed by atoms with Crippen molar-refractivity contribution < 1.29 is 38.8 Å². The van der Waals surface area contributed by atoms with Gasteiger partial charge in [-0.15, -0.1) is 0 Å². The van der Waals surface area contributed by atoms with Crippen LogP contribution in [0.1, 0.15) is 311 Å². The van der Waals surface area contributed by atoms with Gasteiger partial charge >= 0.3 is 17.9 Å². The Morgan fingerprint density at radius 2 is 0.700 bits per heavy atom. The second kappa shape index (κ2) is 50.8. The fraction of sp³-hybridized carbons (Fsp3) is 0.950. The smallest absolute Gasteiger partial charge is 0.323 e. The molecule has 0 aromatic rings. The van der Waals surface area contributed by atoms with Crippen LogP contribution < -0.4 is 5.73 Å². The first-order valence-electron chi connectivity index (χ1n) is 30.3. The van der Waals surface area contributed by atoms with Gasteiger partial charge in [0.2, 0.25) is 0 Å². The lowest BCUT2D eigenvalue weighted by Gasteiger charge is -2.27. The first kappa shape index (κ1) is 68.2. The molecule has 0 aromatic heterocycles. The summed E-state index contributed by atoms with van der Waals surface area (Å²) in [6.45, 7) is 10.6. The number of aliphatic hydroxyl groups excluding tert-OH is 2. The maximum atomic E-state index is 12.5. The van der Waals surface area contributed by atoms with Crippen LogP contribution in [0.5, 0.6) is 0 Å². The van der Waals surface area contributed by atoms with Crippen molar-refractivity contribution in [2.75, 3.05) is 32.8 Å². The van der Waals surface area contributed by atoms with Gasteiger partial charge in [-0.05, 0) is 53.0 Å². The Labute approximate surface area is 433 Å². The molecule has 10 heteroatoms. The van der Waals surface area contributed by atoms with E-state index >= 15 is 0 Å². The molecule has 0 fully saturated rings. The highest BCUT2D eigenvalue weighted by atomic mass is 16.6. The maximum absolute atomic E-state index is 12.5. The van der Waals surface area contributed by atoms with Crippen LogP contribution in [0.2, 0.25) is 0 Å². The molecule has 4 N–H and O–H groups in total. The Kier molecular flexibility index (Phi) is 49.5. The fourth-order valence-electron chi connectivity index (χ4n) is 9.37. The molecule has 0 amide bonds. The van der Waals surface area contributed by atoms with Gasteiger partial charge in [-0.1, -0.05) is 251 Å². The van der Waals surface area contributed by atoms with E-state index in [1.165, 1.54) is 205 Å². The second-order valence-corrected chi connectivity index (χ2v) is 22.3. The fourth-order valence-corrected chi connectivity index (χ4v) is 9.37. The van der Waals surface area contributed by atoms with E-state index < -0.39 is 29.8 Å². The zero-order valence-corrected chi connectivity index (χ0v) is 47.0. The molecule has 0 rings (SSSR count). The number of nitrogens with zero attached hydrogens (tertiary/aromatic N) is 1. The predicted molar refractivity (Wildman–Crippen MR) is 294 cm³/mol. The standard InChI is InChI=1S/C60H118N2O8/c1-6-8-10-12-14-16-18-20-22-24-26-28-30-32-34-36-38-40-42-47-57(65)68-52-54(63)50-62(49-45-44-46-56(61)59(67)70-60(3,4)5)51-55(64)53-69-58(66)48-43-41-39-37-35-33-31-29-27-25-23-21-19-17-15-13-11-9-7-2/h54-56,63-64H,6-53,61H2,1-5H3. The highest BCUT2D eigenvalue weighted by Gasteiger charge is 2.23. The van der Waals surface area contributed by atoms with Gasteiger partial charge in [0, 0.05) is 25.9 Å². The average molecular weight is 996 g/mol. The topological polar surface area (TPSA) is 149 Å². The van der Waals surface area contributed by atoms with Crippen LogP contribution >= 0.6 is 0 Å². The first-order chi connectivity index (χ1) is 33.9. The average Bonchev–Trinajstić information content (AvgIpc) is 3.32. The number of esters is 3. The van der Waals surface area contributed by atoms with Crippen molar-refractivity contribution in [3.05, 3.63) is 0 Å². The highest BCUT2D eigenvalue weighted by molar-refractivity contribution is 5.75. The number of ether oxygens (including phenoxy) is 3. The zero-order valence-electron chi connectivity index (χ0n) is 47.0. The summed E-state index contributed by atoms with van der Waals surface area (Å²) in [5.41, 5.74) is 5.49. The summed E-state index contributed by atoms with van der Waals surface area (Å²) in [7, 11) is 0. The third kappa shape index (κ3) is 51.2. The quantitative estimate of drug-likeness (QED) is 0.0305. The van der Waals surface area contributed by atoms with Crippen molar-refractivity contribution in [2.24, 2.45) is 5.73 Å². The number of nitrogens with two attached hydrogens (primary N) is 1. The number of hydrogen-bond donors (Lipinski definition) is 3. The largest absolute Gasteiger partial charge is 0.463 e. The van der Waals surface area contributed by atoms with Crippen molar-refractivity contribution in [2.45, 2.75) is 335 Å². The van der Waals surface area contributed by atoms with Crippen molar-refractivity contribution >= 4 is 17.9 Å². The third-order valence-corrected chi connectivity index (χ3v) is 13.7. The Morgan fingerprint density at radius 3 is 0.971 bits per heavy atom. The number of unbranched alkanes of at least 4 members (excludes halogenated alkanes) is 37. The van der Waals surface area contributed by atoms with Crippen molar-refractivity contribution in [3.63, 3.8) is 0 Å². The van der Waals surface area contributed by atoms with E-state index in [0.29, 0.717) is 38.6 Å². The molecular formula is C60H118N2O8. The van der Waals surface area contributed by atoms with Crippen molar-refractivity contribution in [1.82, 2.24) is 4.90 Å². The molecule has 3 unspecified atom stereocenters. The van der Waals surface area contributed by atoms with E-state index in [1.54, 1.807) is 0 Å². The van der Waals surface area contributed by atoms with Crippen LogP contribution in [0.4, 0.5) is 0 Å². The van der Waals surface area contributed by atoms with Crippen molar-refractivity contribution in [1.29, 1.82) is 0 Å². The summed E-state index contributed by atoms with van der Waals surface area (Å²) in [5, 5.41) is 21.8. The first-order valence-corrected chi connectivity index (χ1v) is 30.3. The van der Waals surface area contributed by atoms with E-state index in [2.05, 4.69) is 13.8 Å². The molecule has 3 atom stereocenters. The van der Waals surface area contributed by atoms with E-state index in [1.807, 2.05) is 25.7 Å². The minimum atomic E-state index is -0.942. The molecular weight excluding hydrogens is 877 g/mol. The van der Waals surface area contributed by atoms with Crippen LogP contribution in [0.25, 0.3) is 0 Å². The summed E-state index contributed by atoms with van der Waals surface area (Å²) in [5.74, 6) is -1.03. The maximum Gasteiger partial charge on any atom is 0.323 e. The number of carbonyl (C=O) groups is 3. The minimum Gasteiger partial charge on any atom is -0.463 e. The van der Waals surface area contributed by atoms with Gasteiger partial charge in [0.05, 0.1) is 0 Å². The molecule has 0 radical (unpaired) electrons. The molecule has 0 aliphatic heterocycles. The number of carbonyl (C=O) groups excluding carboxylic acids is 3. The molecule has 0 saturated carbocycles. The molecule has 0 aliphatic carbocycles. The van der Waals surface area contributed by atoms with Crippen LogP contribution in [-0.4, -0.2) is 89.7 Å². The van der Waals surface area contributed by atoms with Crippen LogP contribution in [0, 0.1) is 0 Å². The summed E-state index contributed by atoms with van der Waals surface area (Å²) in [6, 6.07) is -0.731. The van der Waals surface area contributed by atoms with Crippen LogP contribution in [-0.2, 0) is 28.6 Å². The molecule has 10 nitrogen and oxygen atoms in total. The van der Waals surface area contributed by atoms with Gasteiger partial charge in [0.25, 0.3) is 0 Å². The monoisotopic (exact) mass is 995 g/mol. The van der Waals surface area contributed by atoms with Crippen molar-refractivity contribution in [3.8, 4) is 0 Å². The van der Waals surface area contributed by atoms with E-state index in [9.17, 15) is 24.6 Å². The Balaban J connectivity index is 4.30. The zero-order chi connectivity index (χ0) is 51.6. The molecule has 0 heterocycles. The second-order valence-electron chi connectivity index (χ2n) is 22.3. The predicted octanol–water partition coefficient (Wildman–Crippen LogP) is 15.6. The molecule has 416 valence electrons. The van der Waals surface area contributed by atoms with Crippen LogP contribution in [0.3, 0.4) is 0 Å². The highest BCUT2D eigenvalue weighted by Crippen LogP contribution is 2.18. The Hall–Kier alpha value is -1.75. The molecule has 70 heavy (non-hydrogen) atoms. The van der Waals surface area contributed by atoms with Gasteiger partial charge < -0.3 is 30.2 Å². The van der Waals surface area contributed by atoms with E-state index in [-0.39, 0.29) is 38.2 Å². The molecule has 0 saturated heterocycles. The summed E-state index contributed by atoms with van der Waals surface area (Å²) >= 11 is 0. The number of hydrogen-bond acceptors (Lipinski definition) is 10. The Bertz CT molecular complexity index is 1080. The van der Waals surface area contributed by atoms with E-state index in [0.717, 1.165) is 38.5 Å². The van der Waals surface area contributed by atoms with Gasteiger partial charge in [0.15, 0.2) is 0 Å². The molecule has 0 aliphatic rings. The van der Waals surface area contributed by atoms with Gasteiger partial charge in [-0.3, -0.25) is 19.3 Å². The molecule has 0 bridgehead atoms. The van der Waals surface area contributed by atoms with Crippen LogP contribution in [0.15, 0.2) is 0 Å². The molecule has 0 spiro atoms. The van der Waals surface area contributed by atoms with E-state index in [4.69, 9.17) is 19.9 Å².